The molecular weight excluding hydrogens is 276 g/mol. The molecule has 1 aliphatic carbocycles. The number of rotatable bonds is 3. The van der Waals surface area contributed by atoms with Crippen LogP contribution >= 0.6 is 11.6 Å². The fourth-order valence-corrected chi connectivity index (χ4v) is 2.70. The van der Waals surface area contributed by atoms with Gasteiger partial charge in [-0.05, 0) is 44.2 Å². The SMILES string of the molecule is COc1cc(Cl)c(C)cc1NC(=O)C1CCC(N)CC1. The summed E-state index contributed by atoms with van der Waals surface area (Å²) in [5, 5.41) is 3.58. The molecule has 1 saturated carbocycles. The van der Waals surface area contributed by atoms with Crippen molar-refractivity contribution in [2.24, 2.45) is 11.7 Å². The molecule has 4 nitrogen and oxygen atoms in total. The van der Waals surface area contributed by atoms with E-state index in [4.69, 9.17) is 22.1 Å². The second-order valence-corrected chi connectivity index (χ2v) is 5.81. The highest BCUT2D eigenvalue weighted by Crippen LogP contribution is 2.32. The lowest BCUT2D eigenvalue weighted by molar-refractivity contribution is -0.120. The summed E-state index contributed by atoms with van der Waals surface area (Å²) in [4.78, 5) is 12.3. The van der Waals surface area contributed by atoms with Crippen LogP contribution < -0.4 is 15.8 Å². The molecule has 0 radical (unpaired) electrons. The summed E-state index contributed by atoms with van der Waals surface area (Å²) in [6, 6.07) is 3.81. The quantitative estimate of drug-likeness (QED) is 0.901. The van der Waals surface area contributed by atoms with Gasteiger partial charge in [0.15, 0.2) is 0 Å². The molecule has 1 aliphatic rings. The van der Waals surface area contributed by atoms with Crippen LogP contribution in [-0.2, 0) is 4.79 Å². The van der Waals surface area contributed by atoms with Gasteiger partial charge in [-0.1, -0.05) is 11.6 Å². The Morgan fingerprint density at radius 3 is 2.60 bits per heavy atom. The van der Waals surface area contributed by atoms with Crippen molar-refractivity contribution in [1.29, 1.82) is 0 Å². The van der Waals surface area contributed by atoms with Crippen molar-refractivity contribution in [2.45, 2.75) is 38.6 Å². The number of ether oxygens (including phenoxy) is 1. The predicted molar refractivity (Wildman–Crippen MR) is 81.3 cm³/mol. The average molecular weight is 297 g/mol. The number of hydrogen-bond acceptors (Lipinski definition) is 3. The van der Waals surface area contributed by atoms with Crippen molar-refractivity contribution in [2.75, 3.05) is 12.4 Å². The molecule has 20 heavy (non-hydrogen) atoms. The van der Waals surface area contributed by atoms with Crippen LogP contribution in [0.4, 0.5) is 5.69 Å². The molecular formula is C15H21ClN2O2. The molecule has 1 aromatic rings. The maximum Gasteiger partial charge on any atom is 0.227 e. The van der Waals surface area contributed by atoms with E-state index in [1.54, 1.807) is 13.2 Å². The number of nitrogens with two attached hydrogens (primary N) is 1. The number of amides is 1. The maximum atomic E-state index is 12.3. The fourth-order valence-electron chi connectivity index (χ4n) is 2.55. The van der Waals surface area contributed by atoms with Crippen LogP contribution in [-0.4, -0.2) is 19.1 Å². The molecule has 0 saturated heterocycles. The Bertz CT molecular complexity index is 497. The lowest BCUT2D eigenvalue weighted by atomic mass is 9.86. The van der Waals surface area contributed by atoms with Gasteiger partial charge in [-0.3, -0.25) is 4.79 Å². The second kappa shape index (κ2) is 6.46. The standard InChI is InChI=1S/C15H21ClN2O2/c1-9-7-13(14(20-2)8-12(9)16)18-15(19)10-3-5-11(17)6-4-10/h7-8,10-11H,3-6,17H2,1-2H3,(H,18,19). The van der Waals surface area contributed by atoms with Crippen LogP contribution in [0, 0.1) is 12.8 Å². The van der Waals surface area contributed by atoms with Crippen molar-refractivity contribution in [3.05, 3.63) is 22.7 Å². The van der Waals surface area contributed by atoms with Gasteiger partial charge in [0.1, 0.15) is 5.75 Å². The van der Waals surface area contributed by atoms with Crippen LogP contribution in [0.25, 0.3) is 0 Å². The van der Waals surface area contributed by atoms with E-state index in [-0.39, 0.29) is 17.9 Å². The number of carbonyl (C=O) groups is 1. The first kappa shape index (κ1) is 15.1. The molecule has 0 heterocycles. The molecule has 0 atom stereocenters. The maximum absolute atomic E-state index is 12.3. The van der Waals surface area contributed by atoms with E-state index in [0.717, 1.165) is 31.2 Å². The molecule has 110 valence electrons. The largest absolute Gasteiger partial charge is 0.495 e. The Kier molecular flexibility index (Phi) is 4.89. The summed E-state index contributed by atoms with van der Waals surface area (Å²) >= 11 is 6.06. The molecule has 1 aromatic carbocycles. The summed E-state index contributed by atoms with van der Waals surface area (Å²) in [6.07, 6.45) is 3.52. The predicted octanol–water partition coefficient (Wildman–Crippen LogP) is 3.11. The Balaban J connectivity index is 2.09. The smallest absolute Gasteiger partial charge is 0.227 e. The third-order valence-electron chi connectivity index (χ3n) is 3.88. The Hall–Kier alpha value is -1.26. The Labute approximate surface area is 124 Å². The summed E-state index contributed by atoms with van der Waals surface area (Å²) in [5.41, 5.74) is 7.45. The van der Waals surface area contributed by atoms with Crippen molar-refractivity contribution in [1.82, 2.24) is 0 Å². The highest BCUT2D eigenvalue weighted by Gasteiger charge is 2.25. The molecule has 1 amide bonds. The molecule has 2 rings (SSSR count). The Morgan fingerprint density at radius 1 is 1.35 bits per heavy atom. The lowest BCUT2D eigenvalue weighted by Crippen LogP contribution is -2.32. The Morgan fingerprint density at radius 2 is 2.00 bits per heavy atom. The molecule has 0 bridgehead atoms. The first-order valence-corrected chi connectivity index (χ1v) is 7.29. The number of carbonyl (C=O) groups excluding carboxylic acids is 1. The van der Waals surface area contributed by atoms with Gasteiger partial charge in [0.2, 0.25) is 5.91 Å². The van der Waals surface area contributed by atoms with Crippen molar-refractivity contribution >= 4 is 23.2 Å². The van der Waals surface area contributed by atoms with E-state index in [1.165, 1.54) is 0 Å². The van der Waals surface area contributed by atoms with E-state index >= 15 is 0 Å². The van der Waals surface area contributed by atoms with Gasteiger partial charge >= 0.3 is 0 Å². The van der Waals surface area contributed by atoms with Gasteiger partial charge in [0.05, 0.1) is 12.8 Å². The van der Waals surface area contributed by atoms with E-state index in [2.05, 4.69) is 5.32 Å². The summed E-state index contributed by atoms with van der Waals surface area (Å²) < 4.78 is 5.27. The topological polar surface area (TPSA) is 64.3 Å². The number of halogens is 1. The van der Waals surface area contributed by atoms with Gasteiger partial charge in [0.25, 0.3) is 0 Å². The number of benzene rings is 1. The zero-order chi connectivity index (χ0) is 14.7. The number of aryl methyl sites for hydroxylation is 1. The van der Waals surface area contributed by atoms with Gasteiger partial charge in [0, 0.05) is 23.0 Å². The van der Waals surface area contributed by atoms with Crippen LogP contribution in [0.3, 0.4) is 0 Å². The minimum atomic E-state index is 0.0375. The van der Waals surface area contributed by atoms with Gasteiger partial charge in [-0.2, -0.15) is 0 Å². The summed E-state index contributed by atoms with van der Waals surface area (Å²) in [5.74, 6) is 0.661. The molecule has 0 aliphatic heterocycles. The van der Waals surface area contributed by atoms with Crippen LogP contribution in [0.5, 0.6) is 5.75 Å². The number of methoxy groups -OCH3 is 1. The minimum absolute atomic E-state index is 0.0375. The van der Waals surface area contributed by atoms with E-state index in [1.807, 2.05) is 13.0 Å². The second-order valence-electron chi connectivity index (χ2n) is 5.40. The zero-order valence-electron chi connectivity index (χ0n) is 11.9. The molecule has 5 heteroatoms. The minimum Gasteiger partial charge on any atom is -0.495 e. The molecule has 3 N–H and O–H groups in total. The van der Waals surface area contributed by atoms with E-state index < -0.39 is 0 Å². The normalized spacial score (nSPS) is 22.4. The monoisotopic (exact) mass is 296 g/mol. The fraction of sp³-hybridized carbons (Fsp3) is 0.533. The van der Waals surface area contributed by atoms with Crippen molar-refractivity contribution in [3.63, 3.8) is 0 Å². The first-order valence-electron chi connectivity index (χ1n) is 6.92. The van der Waals surface area contributed by atoms with Gasteiger partial charge in [-0.25, -0.2) is 0 Å². The third kappa shape index (κ3) is 3.44. The molecule has 0 aromatic heterocycles. The molecule has 1 fully saturated rings. The highest BCUT2D eigenvalue weighted by atomic mass is 35.5. The van der Waals surface area contributed by atoms with E-state index in [9.17, 15) is 4.79 Å². The lowest BCUT2D eigenvalue weighted by Gasteiger charge is -2.25. The van der Waals surface area contributed by atoms with Crippen LogP contribution in [0.15, 0.2) is 12.1 Å². The van der Waals surface area contributed by atoms with Crippen LogP contribution in [0.1, 0.15) is 31.2 Å². The highest BCUT2D eigenvalue weighted by molar-refractivity contribution is 6.31. The van der Waals surface area contributed by atoms with Crippen molar-refractivity contribution < 1.29 is 9.53 Å². The van der Waals surface area contributed by atoms with Gasteiger partial charge in [-0.15, -0.1) is 0 Å². The average Bonchev–Trinajstić information content (AvgIpc) is 2.43. The van der Waals surface area contributed by atoms with E-state index in [0.29, 0.717) is 16.5 Å². The van der Waals surface area contributed by atoms with Gasteiger partial charge < -0.3 is 15.8 Å². The third-order valence-corrected chi connectivity index (χ3v) is 4.29. The molecule has 0 spiro atoms. The zero-order valence-corrected chi connectivity index (χ0v) is 12.7. The number of anilines is 1. The number of nitrogens with one attached hydrogen (secondary N) is 1. The first-order chi connectivity index (χ1) is 9.51. The number of hydrogen-bond donors (Lipinski definition) is 2. The van der Waals surface area contributed by atoms with Crippen molar-refractivity contribution in [3.8, 4) is 5.75 Å². The summed E-state index contributed by atoms with van der Waals surface area (Å²) in [7, 11) is 1.57. The molecule has 0 unspecified atom stereocenters. The van der Waals surface area contributed by atoms with Crippen LogP contribution in [0.2, 0.25) is 5.02 Å². The summed E-state index contributed by atoms with van der Waals surface area (Å²) in [6.45, 7) is 1.90.